The van der Waals surface area contributed by atoms with Crippen LogP contribution < -0.4 is 10.1 Å². The molecule has 0 aromatic heterocycles. The molecule has 4 amide bonds. The number of nitrogens with one attached hydrogen (secondary N) is 1. The minimum absolute atomic E-state index is 0.102. The van der Waals surface area contributed by atoms with Gasteiger partial charge in [0.05, 0.1) is 26.4 Å². The van der Waals surface area contributed by atoms with Gasteiger partial charge in [0.25, 0.3) is 0 Å². The molecule has 5 rings (SSSR count). The zero-order chi connectivity index (χ0) is 24.5. The van der Waals surface area contributed by atoms with E-state index in [-0.39, 0.29) is 42.9 Å². The second-order valence-corrected chi connectivity index (χ2v) is 8.96. The van der Waals surface area contributed by atoms with Gasteiger partial charge in [-0.2, -0.15) is 0 Å². The number of ether oxygens (including phenoxy) is 2. The number of carbonyl (C=O) groups is 3. The average molecular weight is 483 g/mol. The molecule has 0 unspecified atom stereocenters. The number of hydrogen-bond donors (Lipinski definition) is 1. The second kappa shape index (κ2) is 9.53. The van der Waals surface area contributed by atoms with E-state index in [0.29, 0.717) is 37.5 Å². The maximum Gasteiger partial charge on any atom is 0.321 e. The van der Waals surface area contributed by atoms with Crippen LogP contribution in [-0.2, 0) is 20.9 Å². The largest absolute Gasteiger partial charge is 0.497 e. The van der Waals surface area contributed by atoms with Crippen LogP contribution in [0.4, 0.5) is 14.9 Å². The minimum Gasteiger partial charge on any atom is -0.497 e. The zero-order valence-electron chi connectivity index (χ0n) is 19.4. The van der Waals surface area contributed by atoms with Crippen LogP contribution in [0.25, 0.3) is 0 Å². The van der Waals surface area contributed by atoms with Crippen molar-refractivity contribution in [2.75, 3.05) is 38.6 Å². The van der Waals surface area contributed by atoms with Gasteiger partial charge in [0, 0.05) is 37.8 Å². The fourth-order valence-corrected chi connectivity index (χ4v) is 4.92. The average Bonchev–Trinajstić information content (AvgIpc) is 3.31. The summed E-state index contributed by atoms with van der Waals surface area (Å²) in [4.78, 5) is 44.1. The first-order valence-electron chi connectivity index (χ1n) is 11.6. The summed E-state index contributed by atoms with van der Waals surface area (Å²) in [5.74, 6) is 0.0412. The van der Waals surface area contributed by atoms with Crippen LogP contribution in [-0.4, -0.2) is 84.0 Å². The highest BCUT2D eigenvalue weighted by molar-refractivity contribution is 5.99. The highest BCUT2D eigenvalue weighted by Crippen LogP contribution is 2.31. The quantitative estimate of drug-likeness (QED) is 0.705. The Kier molecular flexibility index (Phi) is 6.29. The normalized spacial score (nSPS) is 23.7. The number of amides is 4. The van der Waals surface area contributed by atoms with Crippen LogP contribution in [0.3, 0.4) is 0 Å². The maximum absolute atomic E-state index is 13.3. The van der Waals surface area contributed by atoms with E-state index in [2.05, 4.69) is 5.32 Å². The Balaban J connectivity index is 1.21. The number of halogens is 1. The molecule has 0 aliphatic carbocycles. The van der Waals surface area contributed by atoms with Crippen molar-refractivity contribution in [2.45, 2.75) is 31.2 Å². The summed E-state index contributed by atoms with van der Waals surface area (Å²) in [6, 6.07) is 11.5. The van der Waals surface area contributed by atoms with Crippen molar-refractivity contribution < 1.29 is 28.2 Å². The Morgan fingerprint density at radius 2 is 1.80 bits per heavy atom. The number of methoxy groups -OCH3 is 1. The molecule has 0 spiro atoms. The summed E-state index contributed by atoms with van der Waals surface area (Å²) >= 11 is 0. The molecule has 0 saturated carbocycles. The molecule has 3 saturated heterocycles. The first kappa shape index (κ1) is 23.1. The fraction of sp³-hybridized carbons (Fsp3) is 0.400. The summed E-state index contributed by atoms with van der Waals surface area (Å²) in [6.45, 7) is 1.36. The lowest BCUT2D eigenvalue weighted by Crippen LogP contribution is -2.69. The molecule has 2 aromatic rings. The highest BCUT2D eigenvalue weighted by Gasteiger charge is 2.52. The molecule has 3 aliphatic rings. The smallest absolute Gasteiger partial charge is 0.321 e. The van der Waals surface area contributed by atoms with Gasteiger partial charge in [-0.3, -0.25) is 9.59 Å². The first-order chi connectivity index (χ1) is 16.9. The van der Waals surface area contributed by atoms with E-state index in [9.17, 15) is 18.8 Å². The number of anilines is 1. The Bertz CT molecular complexity index is 1130. The first-order valence-corrected chi connectivity index (χ1v) is 11.6. The predicted octanol–water partition coefficient (Wildman–Crippen LogP) is 2.08. The molecular formula is C25H27FN4O5. The van der Waals surface area contributed by atoms with E-state index >= 15 is 0 Å². The van der Waals surface area contributed by atoms with Gasteiger partial charge >= 0.3 is 6.03 Å². The van der Waals surface area contributed by atoms with Crippen molar-refractivity contribution in [3.05, 3.63) is 59.9 Å². The molecule has 2 aromatic carbocycles. The van der Waals surface area contributed by atoms with Crippen molar-refractivity contribution >= 4 is 23.5 Å². The zero-order valence-corrected chi connectivity index (χ0v) is 19.4. The summed E-state index contributed by atoms with van der Waals surface area (Å²) in [6.07, 6.45) is 0.140. The standard InChI is InChI=1S/C25H27FN4O5/c1-34-19-4-2-3-18(11-19)27-25(33)28-9-10-29-22(14-28)24(32)30-13-20(12-21(30)23(29)31)35-15-16-5-7-17(26)8-6-16/h2-8,11,20-22H,9-10,12-15H2,1H3,(H,27,33)/t20-,21+,22+/m1/s1. The van der Waals surface area contributed by atoms with Gasteiger partial charge in [-0.05, 0) is 29.8 Å². The van der Waals surface area contributed by atoms with Crippen molar-refractivity contribution in [2.24, 2.45) is 0 Å². The molecule has 3 heterocycles. The SMILES string of the molecule is COc1cccc(NC(=O)N2CCN3C(=O)[C@@H]4C[C@@H](OCc5ccc(F)cc5)CN4C(=O)[C@@H]3C2)c1. The number of urea groups is 1. The van der Waals surface area contributed by atoms with Gasteiger partial charge in [-0.15, -0.1) is 0 Å². The van der Waals surface area contributed by atoms with Gasteiger partial charge in [0.15, 0.2) is 0 Å². The molecule has 0 radical (unpaired) electrons. The third-order valence-electron chi connectivity index (χ3n) is 6.79. The van der Waals surface area contributed by atoms with Crippen LogP contribution >= 0.6 is 0 Å². The van der Waals surface area contributed by atoms with Gasteiger partial charge in [0.1, 0.15) is 23.7 Å². The number of piperazine rings is 2. The third-order valence-corrected chi connectivity index (χ3v) is 6.79. The Morgan fingerprint density at radius 3 is 2.57 bits per heavy atom. The number of rotatable bonds is 5. The monoisotopic (exact) mass is 482 g/mol. The van der Waals surface area contributed by atoms with E-state index in [1.165, 1.54) is 12.1 Å². The van der Waals surface area contributed by atoms with Crippen LogP contribution in [0.2, 0.25) is 0 Å². The van der Waals surface area contributed by atoms with Crippen molar-refractivity contribution in [3.63, 3.8) is 0 Å². The lowest BCUT2D eigenvalue weighted by molar-refractivity contribution is -0.162. The van der Waals surface area contributed by atoms with Crippen LogP contribution in [0.5, 0.6) is 5.75 Å². The summed E-state index contributed by atoms with van der Waals surface area (Å²) in [7, 11) is 1.55. The van der Waals surface area contributed by atoms with Crippen LogP contribution in [0.1, 0.15) is 12.0 Å². The van der Waals surface area contributed by atoms with E-state index in [1.807, 2.05) is 0 Å². The lowest BCUT2D eigenvalue weighted by atomic mass is 10.0. The highest BCUT2D eigenvalue weighted by atomic mass is 19.1. The van der Waals surface area contributed by atoms with Crippen molar-refractivity contribution in [1.82, 2.24) is 14.7 Å². The van der Waals surface area contributed by atoms with E-state index in [0.717, 1.165) is 5.56 Å². The molecule has 3 atom stereocenters. The topological polar surface area (TPSA) is 91.4 Å². The number of carbonyl (C=O) groups excluding carboxylic acids is 3. The number of nitrogens with zero attached hydrogens (tertiary/aromatic N) is 3. The summed E-state index contributed by atoms with van der Waals surface area (Å²) < 4.78 is 24.3. The minimum atomic E-state index is -0.709. The summed E-state index contributed by atoms with van der Waals surface area (Å²) in [5, 5.41) is 2.83. The summed E-state index contributed by atoms with van der Waals surface area (Å²) in [5.41, 5.74) is 1.41. The van der Waals surface area contributed by atoms with Crippen LogP contribution in [0, 0.1) is 5.82 Å². The van der Waals surface area contributed by atoms with E-state index in [1.54, 1.807) is 58.2 Å². The lowest BCUT2D eigenvalue weighted by Gasteiger charge is -2.47. The molecule has 0 bridgehead atoms. The molecular weight excluding hydrogens is 455 g/mol. The maximum atomic E-state index is 13.3. The molecule has 9 nitrogen and oxygen atoms in total. The van der Waals surface area contributed by atoms with Gasteiger partial charge < -0.3 is 29.5 Å². The number of hydrogen-bond acceptors (Lipinski definition) is 5. The van der Waals surface area contributed by atoms with Crippen molar-refractivity contribution in [3.8, 4) is 5.75 Å². The molecule has 35 heavy (non-hydrogen) atoms. The molecule has 3 fully saturated rings. The molecule has 184 valence electrons. The van der Waals surface area contributed by atoms with Gasteiger partial charge in [-0.1, -0.05) is 18.2 Å². The van der Waals surface area contributed by atoms with Gasteiger partial charge in [-0.25, -0.2) is 9.18 Å². The molecule has 10 heteroatoms. The van der Waals surface area contributed by atoms with E-state index in [4.69, 9.17) is 9.47 Å². The third kappa shape index (κ3) is 4.66. The Hall–Kier alpha value is -3.66. The molecule has 1 N–H and O–H groups in total. The van der Waals surface area contributed by atoms with Crippen LogP contribution in [0.15, 0.2) is 48.5 Å². The Morgan fingerprint density at radius 1 is 1.03 bits per heavy atom. The van der Waals surface area contributed by atoms with Gasteiger partial charge in [0.2, 0.25) is 11.8 Å². The predicted molar refractivity (Wildman–Crippen MR) is 124 cm³/mol. The number of benzene rings is 2. The Labute approximate surface area is 202 Å². The number of fused-ring (bicyclic) bond motifs is 2. The molecule has 3 aliphatic heterocycles. The second-order valence-electron chi connectivity index (χ2n) is 8.96. The fourth-order valence-electron chi connectivity index (χ4n) is 4.92. The van der Waals surface area contributed by atoms with Crippen molar-refractivity contribution in [1.29, 1.82) is 0 Å². The van der Waals surface area contributed by atoms with E-state index < -0.39 is 12.1 Å².